The standard InChI is InChI=1S/C10H12N4O4/c1-6-2-3-7(8(4-6)14(17)18)10(16)9(15)5-12-13-11/h2-4,9-10,15-16H,5H2,1H3. The quantitative estimate of drug-likeness (QED) is 0.270. The lowest BCUT2D eigenvalue weighted by molar-refractivity contribution is -0.386. The van der Waals surface area contributed by atoms with Gasteiger partial charge in [0.15, 0.2) is 0 Å². The molecule has 0 aliphatic heterocycles. The Morgan fingerprint density at radius 2 is 2.22 bits per heavy atom. The van der Waals surface area contributed by atoms with Crippen LogP contribution in [0.15, 0.2) is 23.3 Å². The van der Waals surface area contributed by atoms with Crippen molar-refractivity contribution in [2.24, 2.45) is 5.11 Å². The number of rotatable bonds is 5. The molecule has 96 valence electrons. The van der Waals surface area contributed by atoms with Gasteiger partial charge >= 0.3 is 0 Å². The average molecular weight is 252 g/mol. The van der Waals surface area contributed by atoms with Gasteiger partial charge in [-0.2, -0.15) is 0 Å². The van der Waals surface area contributed by atoms with E-state index in [1.807, 2.05) is 0 Å². The number of aliphatic hydroxyl groups excluding tert-OH is 2. The number of benzene rings is 1. The van der Waals surface area contributed by atoms with Gasteiger partial charge in [0.05, 0.1) is 23.1 Å². The number of aliphatic hydroxyl groups is 2. The van der Waals surface area contributed by atoms with E-state index in [1.165, 1.54) is 12.1 Å². The Balaban J connectivity index is 3.08. The lowest BCUT2D eigenvalue weighted by Crippen LogP contribution is -2.22. The second kappa shape index (κ2) is 5.97. The van der Waals surface area contributed by atoms with Gasteiger partial charge < -0.3 is 10.2 Å². The highest BCUT2D eigenvalue weighted by Gasteiger charge is 2.25. The summed E-state index contributed by atoms with van der Waals surface area (Å²) in [6.45, 7) is 1.32. The number of hydrogen-bond donors (Lipinski definition) is 2. The average Bonchev–Trinajstić information content (AvgIpc) is 2.34. The monoisotopic (exact) mass is 252 g/mol. The van der Waals surface area contributed by atoms with Crippen molar-refractivity contribution in [3.05, 3.63) is 49.9 Å². The lowest BCUT2D eigenvalue weighted by Gasteiger charge is -2.16. The van der Waals surface area contributed by atoms with E-state index in [-0.39, 0.29) is 17.8 Å². The van der Waals surface area contributed by atoms with Gasteiger partial charge in [-0.1, -0.05) is 11.2 Å². The molecule has 0 amide bonds. The molecule has 2 atom stereocenters. The van der Waals surface area contributed by atoms with Crippen molar-refractivity contribution in [2.75, 3.05) is 6.54 Å². The smallest absolute Gasteiger partial charge is 0.275 e. The number of nitrogens with zero attached hydrogens (tertiary/aromatic N) is 4. The van der Waals surface area contributed by atoms with Crippen molar-refractivity contribution in [1.82, 2.24) is 0 Å². The molecule has 18 heavy (non-hydrogen) atoms. The van der Waals surface area contributed by atoms with Crippen molar-refractivity contribution in [2.45, 2.75) is 19.1 Å². The van der Waals surface area contributed by atoms with Gasteiger partial charge in [-0.05, 0) is 24.1 Å². The molecular weight excluding hydrogens is 240 g/mol. The Bertz CT molecular complexity index is 499. The lowest BCUT2D eigenvalue weighted by atomic mass is 10.0. The van der Waals surface area contributed by atoms with Gasteiger partial charge in [0, 0.05) is 11.0 Å². The minimum absolute atomic E-state index is 0.00811. The van der Waals surface area contributed by atoms with Crippen LogP contribution in [0.25, 0.3) is 10.4 Å². The molecule has 8 heteroatoms. The highest BCUT2D eigenvalue weighted by molar-refractivity contribution is 5.44. The van der Waals surface area contributed by atoms with Crippen molar-refractivity contribution in [3.63, 3.8) is 0 Å². The largest absolute Gasteiger partial charge is 0.390 e. The third kappa shape index (κ3) is 3.17. The Labute approximate surface area is 102 Å². The summed E-state index contributed by atoms with van der Waals surface area (Å²) in [5, 5.41) is 33.3. The second-order valence-electron chi connectivity index (χ2n) is 3.75. The fourth-order valence-corrected chi connectivity index (χ4v) is 1.49. The molecule has 0 aromatic heterocycles. The molecule has 0 aliphatic rings. The Morgan fingerprint density at radius 3 is 2.78 bits per heavy atom. The molecule has 1 aromatic carbocycles. The number of nitro benzene ring substituents is 1. The van der Waals surface area contributed by atoms with Crippen LogP contribution in [0.2, 0.25) is 0 Å². The van der Waals surface area contributed by atoms with Crippen LogP contribution in [-0.4, -0.2) is 27.8 Å². The molecule has 1 aromatic rings. The van der Waals surface area contributed by atoms with E-state index < -0.39 is 17.1 Å². The zero-order valence-corrected chi connectivity index (χ0v) is 9.59. The summed E-state index contributed by atoms with van der Waals surface area (Å²) in [6.07, 6.45) is -2.86. The first-order chi connectivity index (χ1) is 8.47. The number of azide groups is 1. The molecule has 0 bridgehead atoms. The number of hydrogen-bond acceptors (Lipinski definition) is 5. The zero-order valence-electron chi connectivity index (χ0n) is 9.59. The maximum atomic E-state index is 10.8. The summed E-state index contributed by atoms with van der Waals surface area (Å²) in [4.78, 5) is 12.7. The topological polar surface area (TPSA) is 132 Å². The van der Waals surface area contributed by atoms with Crippen LogP contribution in [0.5, 0.6) is 0 Å². The summed E-state index contributed by atoms with van der Waals surface area (Å²) in [6, 6.07) is 4.27. The van der Waals surface area contributed by atoms with Crippen LogP contribution >= 0.6 is 0 Å². The van der Waals surface area contributed by atoms with Crippen LogP contribution in [0.1, 0.15) is 17.2 Å². The first-order valence-corrected chi connectivity index (χ1v) is 5.09. The Hall–Kier alpha value is -2.15. The number of nitro groups is 1. The van der Waals surface area contributed by atoms with E-state index >= 15 is 0 Å². The molecule has 2 N–H and O–H groups in total. The minimum Gasteiger partial charge on any atom is -0.390 e. The summed E-state index contributed by atoms with van der Waals surface area (Å²) in [5.41, 5.74) is 8.49. The van der Waals surface area contributed by atoms with Gasteiger partial charge in [-0.25, -0.2) is 0 Å². The molecule has 0 aliphatic carbocycles. The third-order valence-corrected chi connectivity index (χ3v) is 2.40. The highest BCUT2D eigenvalue weighted by atomic mass is 16.6. The minimum atomic E-state index is -1.48. The Kier molecular flexibility index (Phi) is 4.61. The fourth-order valence-electron chi connectivity index (χ4n) is 1.49. The van der Waals surface area contributed by atoms with E-state index in [9.17, 15) is 20.3 Å². The van der Waals surface area contributed by atoms with Gasteiger partial charge in [0.2, 0.25) is 0 Å². The van der Waals surface area contributed by atoms with Crippen molar-refractivity contribution in [3.8, 4) is 0 Å². The van der Waals surface area contributed by atoms with E-state index in [4.69, 9.17) is 5.53 Å². The van der Waals surface area contributed by atoms with Crippen molar-refractivity contribution in [1.29, 1.82) is 0 Å². The van der Waals surface area contributed by atoms with Crippen LogP contribution in [-0.2, 0) is 0 Å². The molecule has 0 fully saturated rings. The highest BCUT2D eigenvalue weighted by Crippen LogP contribution is 2.28. The molecule has 0 spiro atoms. The predicted octanol–water partition coefficient (Wildman–Crippen LogP) is 1.61. The maximum absolute atomic E-state index is 10.8. The van der Waals surface area contributed by atoms with Gasteiger partial charge in [-0.15, -0.1) is 0 Å². The molecule has 2 unspecified atom stereocenters. The van der Waals surface area contributed by atoms with E-state index in [2.05, 4.69) is 10.0 Å². The summed E-state index contributed by atoms with van der Waals surface area (Å²) >= 11 is 0. The van der Waals surface area contributed by atoms with Crippen molar-refractivity contribution < 1.29 is 15.1 Å². The molecule has 0 saturated heterocycles. The Morgan fingerprint density at radius 1 is 1.56 bits per heavy atom. The van der Waals surface area contributed by atoms with E-state index in [1.54, 1.807) is 13.0 Å². The predicted molar refractivity (Wildman–Crippen MR) is 62.8 cm³/mol. The molecule has 8 nitrogen and oxygen atoms in total. The molecule has 0 saturated carbocycles. The maximum Gasteiger partial charge on any atom is 0.275 e. The van der Waals surface area contributed by atoms with Gasteiger partial charge in [-0.3, -0.25) is 10.1 Å². The molecular formula is C10H12N4O4. The number of aryl methyl sites for hydroxylation is 1. The molecule has 0 heterocycles. The van der Waals surface area contributed by atoms with E-state index in [0.29, 0.717) is 5.56 Å². The van der Waals surface area contributed by atoms with Crippen LogP contribution in [0.3, 0.4) is 0 Å². The first kappa shape index (κ1) is 13.9. The first-order valence-electron chi connectivity index (χ1n) is 5.09. The SMILES string of the molecule is Cc1ccc(C(O)C(O)CN=[N+]=[N-])c([N+](=O)[O-])c1. The zero-order chi connectivity index (χ0) is 13.7. The van der Waals surface area contributed by atoms with Crippen LogP contribution in [0, 0.1) is 17.0 Å². The van der Waals surface area contributed by atoms with Crippen molar-refractivity contribution >= 4 is 5.69 Å². The summed E-state index contributed by atoms with van der Waals surface area (Å²) < 4.78 is 0. The van der Waals surface area contributed by atoms with E-state index in [0.717, 1.165) is 0 Å². The normalized spacial score (nSPS) is 13.5. The third-order valence-electron chi connectivity index (χ3n) is 2.40. The molecule has 1 rings (SSSR count). The van der Waals surface area contributed by atoms with Crippen LogP contribution < -0.4 is 0 Å². The summed E-state index contributed by atoms with van der Waals surface area (Å²) in [7, 11) is 0. The second-order valence-corrected chi connectivity index (χ2v) is 3.75. The summed E-state index contributed by atoms with van der Waals surface area (Å²) in [5.74, 6) is 0. The fraction of sp³-hybridized carbons (Fsp3) is 0.400. The molecule has 0 radical (unpaired) electrons. The van der Waals surface area contributed by atoms with Gasteiger partial charge in [0.1, 0.15) is 6.10 Å². The van der Waals surface area contributed by atoms with Crippen LogP contribution in [0.4, 0.5) is 5.69 Å². The van der Waals surface area contributed by atoms with Gasteiger partial charge in [0.25, 0.3) is 5.69 Å².